The highest BCUT2D eigenvalue weighted by Crippen LogP contribution is 2.40. The number of pyridine rings is 1. The lowest BCUT2D eigenvalue weighted by molar-refractivity contribution is 0.225. The van der Waals surface area contributed by atoms with Gasteiger partial charge in [-0.25, -0.2) is 15.0 Å². The van der Waals surface area contributed by atoms with E-state index in [4.69, 9.17) is 14.4 Å². The largest absolute Gasteiger partial charge is 0.449 e. The maximum Gasteiger partial charge on any atom is 0.167 e. The predicted molar refractivity (Wildman–Crippen MR) is 130 cm³/mol. The van der Waals surface area contributed by atoms with E-state index in [9.17, 15) is 0 Å². The molecule has 7 heteroatoms. The molecule has 6 nitrogen and oxygen atoms in total. The number of hydrogen-bond donors (Lipinski definition) is 0. The predicted octanol–water partition coefficient (Wildman–Crippen LogP) is 4.97. The first-order valence-corrected chi connectivity index (χ1v) is 14.0. The summed E-state index contributed by atoms with van der Waals surface area (Å²) in [4.78, 5) is 20.8. The van der Waals surface area contributed by atoms with Crippen molar-refractivity contribution in [2.24, 2.45) is 0 Å². The van der Waals surface area contributed by atoms with Crippen molar-refractivity contribution in [2.75, 3.05) is 6.54 Å². The van der Waals surface area contributed by atoms with Gasteiger partial charge in [-0.05, 0) is 28.8 Å². The van der Waals surface area contributed by atoms with E-state index in [2.05, 4.69) is 56.4 Å². The van der Waals surface area contributed by atoms with Crippen LogP contribution in [0.15, 0.2) is 41.3 Å². The molecule has 3 aromatic rings. The summed E-state index contributed by atoms with van der Waals surface area (Å²) < 4.78 is 6.47. The van der Waals surface area contributed by atoms with Gasteiger partial charge in [0.25, 0.3) is 0 Å². The molecule has 0 atom stereocenters. The Morgan fingerprint density at radius 3 is 2.31 bits per heavy atom. The smallest absolute Gasteiger partial charge is 0.167 e. The van der Waals surface area contributed by atoms with Gasteiger partial charge < -0.3 is 4.42 Å². The fourth-order valence-corrected chi connectivity index (χ4v) is 11.8. The van der Waals surface area contributed by atoms with Gasteiger partial charge in [0.1, 0.15) is 5.76 Å². The highest BCUT2D eigenvalue weighted by atomic mass is 28.3. The van der Waals surface area contributed by atoms with Crippen LogP contribution in [-0.2, 0) is 19.5 Å². The molecule has 0 amide bonds. The number of rotatable bonds is 7. The van der Waals surface area contributed by atoms with E-state index in [1.54, 1.807) is 12.4 Å². The summed E-state index contributed by atoms with van der Waals surface area (Å²) in [6, 6.07) is 3.90. The van der Waals surface area contributed by atoms with E-state index in [1.165, 1.54) is 5.56 Å². The summed E-state index contributed by atoms with van der Waals surface area (Å²) in [5.74, 6) is 1.74. The summed E-state index contributed by atoms with van der Waals surface area (Å²) in [6.07, 6.45) is 8.41. The molecule has 0 spiro atoms. The highest BCUT2D eigenvalue weighted by molar-refractivity contribution is 6.93. The van der Waals surface area contributed by atoms with Crippen LogP contribution in [0.1, 0.15) is 58.6 Å². The zero-order chi connectivity index (χ0) is 22.9. The number of nitrogens with zero attached hydrogens (tertiary/aromatic N) is 5. The molecule has 0 bridgehead atoms. The van der Waals surface area contributed by atoms with Crippen molar-refractivity contribution in [3.8, 4) is 11.4 Å². The molecule has 32 heavy (non-hydrogen) atoms. The van der Waals surface area contributed by atoms with Gasteiger partial charge in [-0.15, -0.1) is 0 Å². The Morgan fingerprint density at radius 1 is 0.969 bits per heavy atom. The average molecular weight is 450 g/mol. The summed E-state index contributed by atoms with van der Waals surface area (Å²) in [6.45, 7) is 16.6. The van der Waals surface area contributed by atoms with Gasteiger partial charge in [0, 0.05) is 49.2 Å². The Balaban J connectivity index is 1.50. The van der Waals surface area contributed by atoms with Crippen molar-refractivity contribution < 1.29 is 4.42 Å². The second kappa shape index (κ2) is 9.23. The molecule has 4 heterocycles. The lowest BCUT2D eigenvalue weighted by Crippen LogP contribution is -2.56. The Morgan fingerprint density at radius 2 is 1.66 bits per heavy atom. The lowest BCUT2D eigenvalue weighted by atomic mass is 10.1. The third kappa shape index (κ3) is 4.16. The van der Waals surface area contributed by atoms with Crippen molar-refractivity contribution >= 4 is 13.6 Å². The minimum atomic E-state index is -1.87. The van der Waals surface area contributed by atoms with Gasteiger partial charge in [-0.3, -0.25) is 9.88 Å². The van der Waals surface area contributed by atoms with Crippen molar-refractivity contribution in [3.63, 3.8) is 0 Å². The summed E-state index contributed by atoms with van der Waals surface area (Å²) in [5, 5.41) is 0. The zero-order valence-electron chi connectivity index (χ0n) is 20.2. The van der Waals surface area contributed by atoms with Gasteiger partial charge in [-0.1, -0.05) is 41.5 Å². The Labute approximate surface area is 192 Å². The minimum absolute atomic E-state index is 0.586. The standard InChI is InChI=1S/C25H35N5OSi/c1-17(2)32(18(3)4,19(5)6)25-28-14-22(31-25)16-30-12-9-23-21(15-30)13-27-24(29-23)20-7-10-26-11-8-20/h7-8,10-11,13-14,17-19H,9,12,15-16H2,1-6H3. The van der Waals surface area contributed by atoms with Crippen molar-refractivity contribution in [1.29, 1.82) is 0 Å². The van der Waals surface area contributed by atoms with Crippen molar-refractivity contribution in [1.82, 2.24) is 24.8 Å². The maximum absolute atomic E-state index is 6.47. The van der Waals surface area contributed by atoms with E-state index in [0.29, 0.717) is 16.6 Å². The topological polar surface area (TPSA) is 67.9 Å². The Bertz CT molecular complexity index is 1030. The molecular formula is C25H35N5OSi. The van der Waals surface area contributed by atoms with Crippen LogP contribution in [0, 0.1) is 0 Å². The SMILES string of the molecule is CC(C)[Si](c1ncc(CN2CCc3nc(-c4ccncc4)ncc3C2)o1)(C(C)C)C(C)C. The lowest BCUT2D eigenvalue weighted by Gasteiger charge is -2.39. The normalized spacial score (nSPS) is 15.0. The second-order valence-corrected chi connectivity index (χ2v) is 15.6. The van der Waals surface area contributed by atoms with Gasteiger partial charge in [0.2, 0.25) is 0 Å². The maximum atomic E-state index is 6.47. The van der Waals surface area contributed by atoms with E-state index in [-0.39, 0.29) is 0 Å². The highest BCUT2D eigenvalue weighted by Gasteiger charge is 2.49. The third-order valence-electron chi connectivity index (χ3n) is 7.12. The van der Waals surface area contributed by atoms with E-state index in [1.807, 2.05) is 24.5 Å². The van der Waals surface area contributed by atoms with Crippen LogP contribution in [0.3, 0.4) is 0 Å². The fraction of sp³-hybridized carbons (Fsp3) is 0.520. The molecule has 0 saturated heterocycles. The van der Waals surface area contributed by atoms with Crippen LogP contribution in [0.2, 0.25) is 16.6 Å². The number of hydrogen-bond acceptors (Lipinski definition) is 6. The average Bonchev–Trinajstić information content (AvgIpc) is 3.22. The molecule has 1 aliphatic heterocycles. The monoisotopic (exact) mass is 449 g/mol. The first-order valence-electron chi connectivity index (χ1n) is 11.7. The van der Waals surface area contributed by atoms with Gasteiger partial charge >= 0.3 is 0 Å². The number of aromatic nitrogens is 4. The van der Waals surface area contributed by atoms with Gasteiger partial charge in [-0.2, -0.15) is 0 Å². The third-order valence-corrected chi connectivity index (χ3v) is 13.8. The fourth-order valence-electron chi connectivity index (χ4n) is 5.69. The number of fused-ring (bicyclic) bond motifs is 1. The molecule has 0 aliphatic carbocycles. The Kier molecular flexibility index (Phi) is 6.58. The van der Waals surface area contributed by atoms with Crippen LogP contribution >= 0.6 is 0 Å². The molecule has 170 valence electrons. The van der Waals surface area contributed by atoms with Crippen LogP contribution < -0.4 is 5.51 Å². The van der Waals surface area contributed by atoms with Crippen LogP contribution in [-0.4, -0.2) is 39.5 Å². The second-order valence-electron chi connectivity index (χ2n) is 9.89. The van der Waals surface area contributed by atoms with Gasteiger partial charge in [0.05, 0.1) is 18.4 Å². The van der Waals surface area contributed by atoms with Crippen molar-refractivity contribution in [3.05, 3.63) is 53.9 Å². The molecule has 4 rings (SSSR count). The first-order chi connectivity index (χ1) is 15.3. The van der Waals surface area contributed by atoms with E-state index < -0.39 is 8.07 Å². The summed E-state index contributed by atoms with van der Waals surface area (Å²) in [7, 11) is -1.87. The zero-order valence-corrected chi connectivity index (χ0v) is 21.2. The molecular weight excluding hydrogens is 414 g/mol. The van der Waals surface area contributed by atoms with E-state index >= 15 is 0 Å². The summed E-state index contributed by atoms with van der Waals surface area (Å²) in [5.41, 5.74) is 6.13. The minimum Gasteiger partial charge on any atom is -0.449 e. The van der Waals surface area contributed by atoms with Gasteiger partial charge in [0.15, 0.2) is 19.4 Å². The van der Waals surface area contributed by atoms with Crippen LogP contribution in [0.5, 0.6) is 0 Å². The molecule has 0 saturated carbocycles. The molecule has 0 N–H and O–H groups in total. The van der Waals surface area contributed by atoms with E-state index in [0.717, 1.165) is 54.4 Å². The van der Waals surface area contributed by atoms with Crippen LogP contribution in [0.4, 0.5) is 0 Å². The molecule has 1 aliphatic rings. The number of oxazole rings is 1. The molecule has 0 radical (unpaired) electrons. The molecule has 0 aromatic carbocycles. The molecule has 0 fully saturated rings. The molecule has 3 aromatic heterocycles. The first kappa shape index (κ1) is 22.8. The quantitative estimate of drug-likeness (QED) is 0.474. The van der Waals surface area contributed by atoms with Crippen molar-refractivity contribution in [2.45, 2.75) is 77.7 Å². The Hall–Kier alpha value is -2.38. The molecule has 0 unspecified atom stereocenters. The summed E-state index contributed by atoms with van der Waals surface area (Å²) >= 11 is 0. The van der Waals surface area contributed by atoms with Crippen LogP contribution in [0.25, 0.3) is 11.4 Å².